The minimum Gasteiger partial charge on any atom is -0.439 e. The average Bonchev–Trinajstić information content (AvgIpc) is 3.44. The van der Waals surface area contributed by atoms with Gasteiger partial charge in [-0.15, -0.1) is 0 Å². The number of carbonyl (C=O) groups excluding carboxylic acids is 2. The highest BCUT2D eigenvalue weighted by molar-refractivity contribution is 8.04. The van der Waals surface area contributed by atoms with Crippen LogP contribution in [0.4, 0.5) is 10.5 Å². The van der Waals surface area contributed by atoms with Crippen LogP contribution in [-0.4, -0.2) is 47.0 Å². The molecule has 4 heterocycles. The van der Waals surface area contributed by atoms with Gasteiger partial charge in [0.15, 0.2) is 0 Å². The number of pyridine rings is 1. The highest BCUT2D eigenvalue weighted by Crippen LogP contribution is 2.48. The molecule has 3 aliphatic heterocycles. The number of hydrogen-bond acceptors (Lipinski definition) is 7. The van der Waals surface area contributed by atoms with Crippen LogP contribution in [0, 0.1) is 5.92 Å². The van der Waals surface area contributed by atoms with Crippen molar-refractivity contribution in [1.29, 1.82) is 0 Å². The summed E-state index contributed by atoms with van der Waals surface area (Å²) in [5.41, 5.74) is 7.58. The Balaban J connectivity index is 1.23. The average molecular weight is 493 g/mol. The first-order valence-electron chi connectivity index (χ1n) is 12.1. The van der Waals surface area contributed by atoms with E-state index in [1.165, 1.54) is 11.8 Å². The van der Waals surface area contributed by atoms with Crippen LogP contribution in [-0.2, 0) is 4.79 Å². The highest BCUT2D eigenvalue weighted by atomic mass is 32.2. The van der Waals surface area contributed by atoms with E-state index < -0.39 is 0 Å². The lowest BCUT2D eigenvalue weighted by molar-refractivity contribution is -0.117. The Kier molecular flexibility index (Phi) is 5.87. The summed E-state index contributed by atoms with van der Waals surface area (Å²) in [6, 6.07) is 12.7. The Labute approximate surface area is 207 Å². The molecule has 1 aliphatic carbocycles. The molecule has 3 fully saturated rings. The monoisotopic (exact) mass is 492 g/mol. The maximum absolute atomic E-state index is 13.3. The van der Waals surface area contributed by atoms with Gasteiger partial charge in [0.1, 0.15) is 5.75 Å². The van der Waals surface area contributed by atoms with Crippen LogP contribution in [0.1, 0.15) is 25.7 Å². The first-order chi connectivity index (χ1) is 17.1. The molecule has 182 valence electrons. The number of anilines is 1. The predicted octanol–water partition coefficient (Wildman–Crippen LogP) is 2.66. The number of rotatable bonds is 5. The van der Waals surface area contributed by atoms with Crippen molar-refractivity contribution in [1.82, 2.24) is 20.9 Å². The van der Waals surface area contributed by atoms with Crippen LogP contribution in [0.2, 0.25) is 0 Å². The van der Waals surface area contributed by atoms with Gasteiger partial charge in [0.05, 0.1) is 28.2 Å². The normalized spacial score (nSPS) is 29.6. The number of amides is 3. The van der Waals surface area contributed by atoms with Gasteiger partial charge in [-0.05, 0) is 50.4 Å². The van der Waals surface area contributed by atoms with Crippen molar-refractivity contribution in [3.63, 3.8) is 0 Å². The number of piperidine rings is 1. The summed E-state index contributed by atoms with van der Waals surface area (Å²) in [5, 5.41) is 9.69. The Morgan fingerprint density at radius 3 is 2.77 bits per heavy atom. The fraction of sp³-hybridized carbons (Fsp3) is 0.400. The lowest BCUT2D eigenvalue weighted by Crippen LogP contribution is -2.62. The van der Waals surface area contributed by atoms with E-state index in [1.807, 2.05) is 36.4 Å². The third kappa shape index (κ3) is 4.15. The van der Waals surface area contributed by atoms with E-state index >= 15 is 0 Å². The third-order valence-electron chi connectivity index (χ3n) is 7.20. The molecule has 10 heteroatoms. The number of nitrogens with two attached hydrogens (primary N) is 1. The van der Waals surface area contributed by atoms with E-state index in [9.17, 15) is 9.59 Å². The van der Waals surface area contributed by atoms with E-state index in [0.29, 0.717) is 22.2 Å². The molecule has 0 radical (unpaired) electrons. The molecule has 3 amide bonds. The van der Waals surface area contributed by atoms with Gasteiger partial charge in [0.2, 0.25) is 5.88 Å². The molecule has 3 unspecified atom stereocenters. The summed E-state index contributed by atoms with van der Waals surface area (Å²) < 4.78 is 5.80. The van der Waals surface area contributed by atoms with Gasteiger partial charge in [-0.1, -0.05) is 30.0 Å². The topological polar surface area (TPSA) is 122 Å². The second-order valence-corrected chi connectivity index (χ2v) is 10.5. The first-order valence-corrected chi connectivity index (χ1v) is 13.0. The minimum absolute atomic E-state index is 0.00954. The Morgan fingerprint density at radius 1 is 1.17 bits per heavy atom. The van der Waals surface area contributed by atoms with E-state index in [2.05, 4.69) is 20.9 Å². The van der Waals surface area contributed by atoms with Crippen LogP contribution in [0.15, 0.2) is 59.3 Å². The van der Waals surface area contributed by atoms with Crippen molar-refractivity contribution in [2.24, 2.45) is 11.7 Å². The number of hydrogen-bond donors (Lipinski definition) is 4. The maximum Gasteiger partial charge on any atom is 0.326 e. The van der Waals surface area contributed by atoms with Gasteiger partial charge in [0.25, 0.3) is 5.91 Å². The fourth-order valence-corrected chi connectivity index (χ4v) is 6.91. The van der Waals surface area contributed by atoms with Crippen LogP contribution in [0.5, 0.6) is 11.6 Å². The number of nitrogens with zero attached hydrogens (tertiary/aromatic N) is 2. The summed E-state index contributed by atoms with van der Waals surface area (Å²) >= 11 is 1.51. The molecule has 9 nitrogen and oxygen atoms in total. The molecular formula is C25H28N6O3S. The fourth-order valence-electron chi connectivity index (χ4n) is 5.51. The van der Waals surface area contributed by atoms with Crippen molar-refractivity contribution < 1.29 is 14.3 Å². The van der Waals surface area contributed by atoms with E-state index in [0.717, 1.165) is 37.9 Å². The second-order valence-electron chi connectivity index (χ2n) is 9.36. The Bertz CT molecular complexity index is 1160. The van der Waals surface area contributed by atoms with Crippen LogP contribution >= 0.6 is 11.8 Å². The van der Waals surface area contributed by atoms with Gasteiger partial charge >= 0.3 is 6.03 Å². The van der Waals surface area contributed by atoms with Gasteiger partial charge < -0.3 is 26.4 Å². The SMILES string of the molecule is N[C@H]1CCC[C@H]1NC(=O)C1=C2NC(=O)N(c3ccc(Oc4ccccc4)nc3)C3CCNC(S1)C23. The molecule has 0 bridgehead atoms. The molecule has 5 N–H and O–H groups in total. The zero-order valence-electron chi connectivity index (χ0n) is 19.1. The van der Waals surface area contributed by atoms with Crippen molar-refractivity contribution >= 4 is 29.4 Å². The summed E-state index contributed by atoms with van der Waals surface area (Å²) in [6.07, 6.45) is 5.29. The molecule has 1 aromatic carbocycles. The van der Waals surface area contributed by atoms with Gasteiger partial charge in [-0.3, -0.25) is 9.69 Å². The van der Waals surface area contributed by atoms with E-state index in [4.69, 9.17) is 10.5 Å². The smallest absolute Gasteiger partial charge is 0.326 e. The quantitative estimate of drug-likeness (QED) is 0.506. The van der Waals surface area contributed by atoms with Crippen LogP contribution in [0.3, 0.4) is 0 Å². The number of para-hydroxylation sites is 1. The molecule has 2 saturated heterocycles. The second kappa shape index (κ2) is 9.18. The molecule has 5 atom stereocenters. The number of aromatic nitrogens is 1. The summed E-state index contributed by atoms with van der Waals surface area (Å²) in [6.45, 7) is 0.765. The molecule has 1 aromatic heterocycles. The summed E-state index contributed by atoms with van der Waals surface area (Å²) in [5.74, 6) is 1.01. The minimum atomic E-state index is -0.245. The number of nitrogens with one attached hydrogen (secondary N) is 3. The maximum atomic E-state index is 13.3. The van der Waals surface area contributed by atoms with Crippen LogP contribution < -0.4 is 31.3 Å². The van der Waals surface area contributed by atoms with E-state index in [-0.39, 0.29) is 41.4 Å². The zero-order valence-corrected chi connectivity index (χ0v) is 20.0. The standard InChI is InChI=1S/C25H28N6O3S/c26-16-7-4-8-17(16)29-23(32)22-21-20-18(11-12-27-24(20)35-22)31(25(33)30-21)14-9-10-19(28-13-14)34-15-5-2-1-3-6-15/h1-3,5-6,9-10,13,16-18,20,24,27H,4,7-8,11-12,26H2,(H,29,32)(H,30,33)/t16-,17+,18?,20?,24?/m0/s1. The first kappa shape index (κ1) is 22.4. The Hall–Kier alpha value is -3.08. The Morgan fingerprint density at radius 2 is 2.03 bits per heavy atom. The molecule has 1 saturated carbocycles. The lowest BCUT2D eigenvalue weighted by atomic mass is 9.86. The molecule has 35 heavy (non-hydrogen) atoms. The molecular weight excluding hydrogens is 464 g/mol. The summed E-state index contributed by atoms with van der Waals surface area (Å²) in [7, 11) is 0. The number of benzene rings is 1. The summed E-state index contributed by atoms with van der Waals surface area (Å²) in [4.78, 5) is 33.3. The van der Waals surface area contributed by atoms with Crippen molar-refractivity contribution in [3.8, 4) is 11.6 Å². The lowest BCUT2D eigenvalue weighted by Gasteiger charge is -2.45. The zero-order chi connectivity index (χ0) is 23.9. The molecule has 2 aromatic rings. The van der Waals surface area contributed by atoms with Gasteiger partial charge in [0, 0.05) is 29.8 Å². The van der Waals surface area contributed by atoms with Crippen molar-refractivity contribution in [3.05, 3.63) is 59.3 Å². The van der Waals surface area contributed by atoms with Gasteiger partial charge in [-0.25, -0.2) is 9.78 Å². The van der Waals surface area contributed by atoms with Crippen molar-refractivity contribution in [2.75, 3.05) is 11.4 Å². The third-order valence-corrected chi connectivity index (χ3v) is 8.55. The number of thioether (sulfide) groups is 1. The number of ether oxygens (including phenoxy) is 1. The number of carbonyl (C=O) groups is 2. The molecule has 6 rings (SSSR count). The highest BCUT2D eigenvalue weighted by Gasteiger charge is 2.52. The van der Waals surface area contributed by atoms with Crippen molar-refractivity contribution in [2.45, 2.75) is 49.2 Å². The van der Waals surface area contributed by atoms with E-state index in [1.54, 1.807) is 17.2 Å². The largest absolute Gasteiger partial charge is 0.439 e. The molecule has 4 aliphatic rings. The van der Waals surface area contributed by atoms with Gasteiger partial charge in [-0.2, -0.15) is 0 Å². The molecule has 0 spiro atoms. The number of urea groups is 1. The van der Waals surface area contributed by atoms with Crippen LogP contribution in [0.25, 0.3) is 0 Å². The predicted molar refractivity (Wildman–Crippen MR) is 134 cm³/mol.